The Morgan fingerprint density at radius 3 is 2.94 bits per heavy atom. The van der Waals surface area contributed by atoms with Gasteiger partial charge < -0.3 is 10.1 Å². The van der Waals surface area contributed by atoms with Crippen molar-refractivity contribution in [2.75, 3.05) is 6.61 Å². The predicted octanol–water partition coefficient (Wildman–Crippen LogP) is 1.90. The highest BCUT2D eigenvalue weighted by atomic mass is 19.1. The number of amides is 1. The van der Waals surface area contributed by atoms with Gasteiger partial charge in [0, 0.05) is 12.5 Å². The SMILES string of the molecule is O=C1N[C@@H](c2cc(F)ccc2[N+](=O)[O-])CCO1. The summed E-state index contributed by atoms with van der Waals surface area (Å²) in [5.74, 6) is -0.577. The van der Waals surface area contributed by atoms with Gasteiger partial charge in [-0.2, -0.15) is 0 Å². The van der Waals surface area contributed by atoms with E-state index in [1.165, 1.54) is 0 Å². The molecule has 0 saturated carbocycles. The molecule has 1 amide bonds. The molecule has 1 atom stereocenters. The number of hydrogen-bond donors (Lipinski definition) is 1. The molecule has 1 aliphatic heterocycles. The number of benzene rings is 1. The van der Waals surface area contributed by atoms with Crippen molar-refractivity contribution >= 4 is 11.8 Å². The fraction of sp³-hybridized carbons (Fsp3) is 0.300. The molecule has 1 fully saturated rings. The molecule has 0 aromatic heterocycles. The third kappa shape index (κ3) is 2.32. The van der Waals surface area contributed by atoms with Crippen molar-refractivity contribution in [2.24, 2.45) is 0 Å². The van der Waals surface area contributed by atoms with E-state index in [0.29, 0.717) is 6.42 Å². The van der Waals surface area contributed by atoms with Gasteiger partial charge in [0.05, 0.1) is 23.1 Å². The van der Waals surface area contributed by atoms with Crippen molar-refractivity contribution in [3.05, 3.63) is 39.7 Å². The number of nitrogens with zero attached hydrogens (tertiary/aromatic N) is 1. The van der Waals surface area contributed by atoms with Crippen LogP contribution in [0.2, 0.25) is 0 Å². The second-order valence-electron chi connectivity index (χ2n) is 3.58. The van der Waals surface area contributed by atoms with Crippen LogP contribution < -0.4 is 5.32 Å². The van der Waals surface area contributed by atoms with Gasteiger partial charge in [-0.15, -0.1) is 0 Å². The van der Waals surface area contributed by atoms with Gasteiger partial charge in [0.2, 0.25) is 0 Å². The molecule has 2 rings (SSSR count). The van der Waals surface area contributed by atoms with E-state index in [4.69, 9.17) is 0 Å². The Bertz CT molecular complexity index is 477. The van der Waals surface area contributed by atoms with Gasteiger partial charge in [0.15, 0.2) is 0 Å². The second-order valence-corrected chi connectivity index (χ2v) is 3.58. The van der Waals surface area contributed by atoms with Gasteiger partial charge in [-0.05, 0) is 12.1 Å². The van der Waals surface area contributed by atoms with E-state index in [1.54, 1.807) is 0 Å². The van der Waals surface area contributed by atoms with E-state index >= 15 is 0 Å². The summed E-state index contributed by atoms with van der Waals surface area (Å²) in [6.07, 6.45) is -0.282. The van der Waals surface area contributed by atoms with Crippen LogP contribution in [0.3, 0.4) is 0 Å². The molecule has 17 heavy (non-hydrogen) atoms. The van der Waals surface area contributed by atoms with Crippen molar-refractivity contribution in [1.82, 2.24) is 5.32 Å². The first-order valence-electron chi connectivity index (χ1n) is 4.95. The van der Waals surface area contributed by atoms with Gasteiger partial charge >= 0.3 is 6.09 Å². The number of halogens is 1. The van der Waals surface area contributed by atoms with Gasteiger partial charge in [-0.25, -0.2) is 9.18 Å². The summed E-state index contributed by atoms with van der Waals surface area (Å²) in [7, 11) is 0. The first kappa shape index (κ1) is 11.3. The summed E-state index contributed by atoms with van der Waals surface area (Å²) < 4.78 is 17.7. The van der Waals surface area contributed by atoms with Crippen LogP contribution >= 0.6 is 0 Å². The minimum absolute atomic E-state index is 0.157. The number of nitro groups is 1. The Morgan fingerprint density at radius 1 is 1.53 bits per heavy atom. The second kappa shape index (κ2) is 4.36. The van der Waals surface area contributed by atoms with Crippen molar-refractivity contribution in [3.8, 4) is 0 Å². The minimum atomic E-state index is -0.653. The molecule has 1 heterocycles. The number of alkyl carbamates (subject to hydrolysis) is 1. The molecule has 0 bridgehead atoms. The van der Waals surface area contributed by atoms with Crippen LogP contribution in [0.4, 0.5) is 14.9 Å². The van der Waals surface area contributed by atoms with Gasteiger partial charge in [-0.1, -0.05) is 0 Å². The number of ether oxygens (including phenoxy) is 1. The number of hydrogen-bond acceptors (Lipinski definition) is 4. The maximum absolute atomic E-state index is 13.1. The van der Waals surface area contributed by atoms with Crippen LogP contribution in [-0.2, 0) is 4.74 Å². The molecule has 1 aliphatic rings. The molecule has 6 nitrogen and oxygen atoms in total. The lowest BCUT2D eigenvalue weighted by atomic mass is 10.0. The van der Waals surface area contributed by atoms with Crippen LogP contribution in [0.25, 0.3) is 0 Å². The summed E-state index contributed by atoms with van der Waals surface area (Å²) in [5, 5.41) is 13.2. The summed E-state index contributed by atoms with van der Waals surface area (Å²) in [6, 6.07) is 2.58. The summed E-state index contributed by atoms with van der Waals surface area (Å²) >= 11 is 0. The Kier molecular flexibility index (Phi) is 2.90. The molecule has 0 spiro atoms. The molecule has 0 unspecified atom stereocenters. The lowest BCUT2D eigenvalue weighted by molar-refractivity contribution is -0.385. The zero-order valence-electron chi connectivity index (χ0n) is 8.68. The number of carbonyl (C=O) groups excluding carboxylic acids is 1. The molecule has 1 N–H and O–H groups in total. The highest BCUT2D eigenvalue weighted by molar-refractivity contribution is 5.69. The van der Waals surface area contributed by atoms with E-state index < -0.39 is 22.9 Å². The van der Waals surface area contributed by atoms with Crippen molar-refractivity contribution in [2.45, 2.75) is 12.5 Å². The van der Waals surface area contributed by atoms with Crippen LogP contribution in [0, 0.1) is 15.9 Å². The summed E-state index contributed by atoms with van der Waals surface area (Å²) in [5.41, 5.74) is -0.0507. The van der Waals surface area contributed by atoms with E-state index in [0.717, 1.165) is 18.2 Å². The fourth-order valence-corrected chi connectivity index (χ4v) is 1.73. The molecular formula is C10H9FN2O4. The molecule has 7 heteroatoms. The van der Waals surface area contributed by atoms with Crippen molar-refractivity contribution in [1.29, 1.82) is 0 Å². The van der Waals surface area contributed by atoms with Crippen molar-refractivity contribution in [3.63, 3.8) is 0 Å². The largest absolute Gasteiger partial charge is 0.449 e. The lowest BCUT2D eigenvalue weighted by Gasteiger charge is -2.23. The third-order valence-corrected chi connectivity index (χ3v) is 2.49. The summed E-state index contributed by atoms with van der Waals surface area (Å²) in [4.78, 5) is 21.2. The number of rotatable bonds is 2. The van der Waals surface area contributed by atoms with E-state index in [1.807, 2.05) is 0 Å². The monoisotopic (exact) mass is 240 g/mol. The van der Waals surface area contributed by atoms with E-state index in [2.05, 4.69) is 10.1 Å². The zero-order valence-corrected chi connectivity index (χ0v) is 8.68. The molecule has 0 radical (unpaired) electrons. The highest BCUT2D eigenvalue weighted by Gasteiger charge is 2.27. The quantitative estimate of drug-likeness (QED) is 0.632. The Balaban J connectivity index is 2.38. The predicted molar refractivity (Wildman–Crippen MR) is 54.9 cm³/mol. The normalized spacial score (nSPS) is 19.4. The van der Waals surface area contributed by atoms with Crippen molar-refractivity contribution < 1.29 is 18.8 Å². The summed E-state index contributed by atoms with van der Waals surface area (Å²) in [6.45, 7) is 0.157. The molecule has 1 aromatic carbocycles. The average molecular weight is 240 g/mol. The molecule has 1 saturated heterocycles. The topological polar surface area (TPSA) is 81.5 Å². The number of nitro benzene ring substituents is 1. The Hall–Kier alpha value is -2.18. The average Bonchev–Trinajstić information content (AvgIpc) is 2.28. The molecular weight excluding hydrogens is 231 g/mol. The number of nitrogens with one attached hydrogen (secondary N) is 1. The Morgan fingerprint density at radius 2 is 2.29 bits per heavy atom. The molecule has 0 aliphatic carbocycles. The number of carbonyl (C=O) groups is 1. The first-order chi connectivity index (χ1) is 8.08. The zero-order chi connectivity index (χ0) is 12.4. The van der Waals surface area contributed by atoms with Crippen LogP contribution in [0.1, 0.15) is 18.0 Å². The van der Waals surface area contributed by atoms with Gasteiger partial charge in [0.1, 0.15) is 5.82 Å². The minimum Gasteiger partial charge on any atom is -0.449 e. The highest BCUT2D eigenvalue weighted by Crippen LogP contribution is 2.29. The Labute approximate surface area is 95.5 Å². The van der Waals surface area contributed by atoms with Crippen LogP contribution in [0.15, 0.2) is 18.2 Å². The van der Waals surface area contributed by atoms with E-state index in [-0.39, 0.29) is 17.9 Å². The molecule has 1 aromatic rings. The van der Waals surface area contributed by atoms with Gasteiger partial charge in [-0.3, -0.25) is 10.1 Å². The van der Waals surface area contributed by atoms with Crippen LogP contribution in [0.5, 0.6) is 0 Å². The van der Waals surface area contributed by atoms with Crippen LogP contribution in [-0.4, -0.2) is 17.6 Å². The van der Waals surface area contributed by atoms with Gasteiger partial charge in [0.25, 0.3) is 5.69 Å². The fourth-order valence-electron chi connectivity index (χ4n) is 1.73. The third-order valence-electron chi connectivity index (χ3n) is 2.49. The lowest BCUT2D eigenvalue weighted by Crippen LogP contribution is -2.35. The number of cyclic esters (lactones) is 1. The standard InChI is InChI=1S/C10H9FN2O4/c11-6-1-2-9(13(15)16)7(5-6)8-3-4-17-10(14)12-8/h1-2,5,8H,3-4H2,(H,12,14)/t8-/m1/s1. The maximum atomic E-state index is 13.1. The molecule has 90 valence electrons. The smallest absolute Gasteiger partial charge is 0.407 e. The van der Waals surface area contributed by atoms with E-state index in [9.17, 15) is 19.3 Å². The maximum Gasteiger partial charge on any atom is 0.407 e. The first-order valence-corrected chi connectivity index (χ1v) is 4.95.